The van der Waals surface area contributed by atoms with Crippen molar-refractivity contribution in [3.05, 3.63) is 35.4 Å². The molecule has 25 heavy (non-hydrogen) atoms. The van der Waals surface area contributed by atoms with Gasteiger partial charge < -0.3 is 16.0 Å². The van der Waals surface area contributed by atoms with E-state index >= 15 is 0 Å². The molecule has 136 valence electrons. The molecular formula is C19H27N3O3. The van der Waals surface area contributed by atoms with Crippen molar-refractivity contribution in [3.63, 3.8) is 0 Å². The molecule has 6 heteroatoms. The highest BCUT2D eigenvalue weighted by Crippen LogP contribution is 2.16. The highest BCUT2D eigenvalue weighted by Gasteiger charge is 2.25. The number of nitrogens with zero attached hydrogens (tertiary/aromatic N) is 1. The summed E-state index contributed by atoms with van der Waals surface area (Å²) in [5.74, 6) is -1.32. The monoisotopic (exact) mass is 345 g/mol. The van der Waals surface area contributed by atoms with Gasteiger partial charge in [-0.2, -0.15) is 0 Å². The summed E-state index contributed by atoms with van der Waals surface area (Å²) >= 11 is 0. The molecule has 1 atom stereocenters. The Balaban J connectivity index is 1.93. The van der Waals surface area contributed by atoms with Crippen molar-refractivity contribution in [1.29, 1.82) is 0 Å². The van der Waals surface area contributed by atoms with Gasteiger partial charge in [0.2, 0.25) is 17.7 Å². The average molecular weight is 345 g/mol. The minimum Gasteiger partial charge on any atom is -0.369 e. The van der Waals surface area contributed by atoms with Crippen molar-refractivity contribution in [2.75, 3.05) is 6.54 Å². The molecule has 0 saturated carbocycles. The van der Waals surface area contributed by atoms with E-state index in [4.69, 9.17) is 5.73 Å². The lowest BCUT2D eigenvalue weighted by Crippen LogP contribution is -2.39. The highest BCUT2D eigenvalue weighted by atomic mass is 16.2. The minimum absolute atomic E-state index is 0.191. The fourth-order valence-electron chi connectivity index (χ4n) is 3.07. The zero-order valence-corrected chi connectivity index (χ0v) is 15.0. The summed E-state index contributed by atoms with van der Waals surface area (Å²) in [4.78, 5) is 37.3. The molecular weight excluding hydrogens is 318 g/mol. The number of carbonyl (C=O) groups excluding carboxylic acids is 3. The third-order valence-corrected chi connectivity index (χ3v) is 4.37. The van der Waals surface area contributed by atoms with Gasteiger partial charge >= 0.3 is 0 Å². The molecule has 1 aromatic rings. The molecule has 1 saturated heterocycles. The summed E-state index contributed by atoms with van der Waals surface area (Å²) in [5, 5.41) is 2.80. The Morgan fingerprint density at radius 2 is 2.00 bits per heavy atom. The number of carbonyl (C=O) groups is 3. The largest absolute Gasteiger partial charge is 0.369 e. The van der Waals surface area contributed by atoms with E-state index in [1.54, 1.807) is 0 Å². The number of nitrogens with two attached hydrogens (primary N) is 1. The van der Waals surface area contributed by atoms with Crippen LogP contribution in [0.15, 0.2) is 24.3 Å². The Bertz CT molecular complexity index is 643. The molecule has 0 aliphatic carbocycles. The molecule has 0 bridgehead atoms. The normalized spacial score (nSPS) is 15.5. The molecule has 0 aromatic heterocycles. The van der Waals surface area contributed by atoms with Crippen LogP contribution in [-0.4, -0.2) is 29.2 Å². The fraction of sp³-hybridized carbons (Fsp3) is 0.526. The first kappa shape index (κ1) is 19.0. The van der Waals surface area contributed by atoms with Crippen molar-refractivity contribution >= 4 is 17.7 Å². The van der Waals surface area contributed by atoms with Gasteiger partial charge in [-0.3, -0.25) is 14.4 Å². The number of hydrogen-bond donors (Lipinski definition) is 2. The van der Waals surface area contributed by atoms with Crippen molar-refractivity contribution in [2.24, 2.45) is 17.6 Å². The molecule has 6 nitrogen and oxygen atoms in total. The highest BCUT2D eigenvalue weighted by molar-refractivity contribution is 5.99. The number of rotatable bonds is 8. The third kappa shape index (κ3) is 5.59. The van der Waals surface area contributed by atoms with Crippen LogP contribution in [0.25, 0.3) is 0 Å². The summed E-state index contributed by atoms with van der Waals surface area (Å²) in [5.41, 5.74) is 7.32. The lowest BCUT2D eigenvalue weighted by Gasteiger charge is -2.17. The standard InChI is InChI=1S/C19H27N3O3/c1-13(2)9-16(18(20)24)19(25)21-11-14-5-3-6-15(10-14)12-22-8-4-7-17(22)23/h3,5-6,10,13,16H,4,7-9,11-12H2,1-2H3,(H2,20,24)(H,21,25)/t16-/m1/s1. The van der Waals surface area contributed by atoms with Gasteiger partial charge in [0.05, 0.1) is 0 Å². The van der Waals surface area contributed by atoms with E-state index in [0.717, 1.165) is 24.1 Å². The fourth-order valence-corrected chi connectivity index (χ4v) is 3.07. The minimum atomic E-state index is -0.801. The first-order valence-corrected chi connectivity index (χ1v) is 8.79. The van der Waals surface area contributed by atoms with Crippen LogP contribution < -0.4 is 11.1 Å². The maximum Gasteiger partial charge on any atom is 0.232 e. The van der Waals surface area contributed by atoms with Crippen LogP contribution in [0.3, 0.4) is 0 Å². The molecule has 3 N–H and O–H groups in total. The zero-order valence-electron chi connectivity index (χ0n) is 15.0. The molecule has 2 rings (SSSR count). The first-order valence-electron chi connectivity index (χ1n) is 8.79. The van der Waals surface area contributed by atoms with Gasteiger partial charge in [0, 0.05) is 26.1 Å². The predicted octanol–water partition coefficient (Wildman–Crippen LogP) is 1.57. The Kier molecular flexibility index (Phi) is 6.56. The zero-order chi connectivity index (χ0) is 18.4. The van der Waals surface area contributed by atoms with E-state index in [-0.39, 0.29) is 17.7 Å². The van der Waals surface area contributed by atoms with Crippen LogP contribution in [0.1, 0.15) is 44.2 Å². The number of hydrogen-bond acceptors (Lipinski definition) is 3. The molecule has 1 heterocycles. The second kappa shape index (κ2) is 8.65. The summed E-state index contributed by atoms with van der Waals surface area (Å²) in [6, 6.07) is 7.78. The van der Waals surface area contributed by atoms with Crippen LogP contribution in [0, 0.1) is 11.8 Å². The summed E-state index contributed by atoms with van der Waals surface area (Å²) in [6.45, 7) is 5.63. The molecule has 0 radical (unpaired) electrons. The van der Waals surface area contributed by atoms with Crippen LogP contribution in [0.4, 0.5) is 0 Å². The summed E-state index contributed by atoms with van der Waals surface area (Å²) in [6.07, 6.45) is 1.98. The number of likely N-dealkylation sites (tertiary alicyclic amines) is 1. The molecule has 3 amide bonds. The molecule has 1 aliphatic rings. The second-order valence-electron chi connectivity index (χ2n) is 7.04. The van der Waals surface area contributed by atoms with Gasteiger partial charge in [-0.25, -0.2) is 0 Å². The Labute approximate surface area is 148 Å². The quantitative estimate of drug-likeness (QED) is 0.701. The number of benzene rings is 1. The summed E-state index contributed by atoms with van der Waals surface area (Å²) in [7, 11) is 0. The lowest BCUT2D eigenvalue weighted by atomic mass is 9.95. The van der Waals surface area contributed by atoms with E-state index < -0.39 is 11.8 Å². The average Bonchev–Trinajstić information content (AvgIpc) is 2.95. The van der Waals surface area contributed by atoms with Crippen molar-refractivity contribution in [1.82, 2.24) is 10.2 Å². The van der Waals surface area contributed by atoms with Crippen molar-refractivity contribution < 1.29 is 14.4 Å². The molecule has 0 spiro atoms. The van der Waals surface area contributed by atoms with Crippen LogP contribution in [0.5, 0.6) is 0 Å². The van der Waals surface area contributed by atoms with E-state index in [2.05, 4.69) is 5.32 Å². The van der Waals surface area contributed by atoms with Gasteiger partial charge in [0.1, 0.15) is 5.92 Å². The van der Waals surface area contributed by atoms with Crippen molar-refractivity contribution in [2.45, 2.75) is 46.2 Å². The van der Waals surface area contributed by atoms with Gasteiger partial charge in [-0.1, -0.05) is 38.1 Å². The van der Waals surface area contributed by atoms with Gasteiger partial charge in [-0.05, 0) is 29.9 Å². The van der Waals surface area contributed by atoms with Crippen LogP contribution >= 0.6 is 0 Å². The van der Waals surface area contributed by atoms with E-state index in [0.29, 0.717) is 25.9 Å². The van der Waals surface area contributed by atoms with Crippen LogP contribution in [0.2, 0.25) is 0 Å². The topological polar surface area (TPSA) is 92.5 Å². The Hall–Kier alpha value is -2.37. The number of amides is 3. The second-order valence-corrected chi connectivity index (χ2v) is 7.04. The first-order chi connectivity index (χ1) is 11.9. The Morgan fingerprint density at radius 1 is 1.28 bits per heavy atom. The van der Waals surface area contributed by atoms with Crippen molar-refractivity contribution in [3.8, 4) is 0 Å². The van der Waals surface area contributed by atoms with Crippen LogP contribution in [-0.2, 0) is 27.5 Å². The van der Waals surface area contributed by atoms with Gasteiger partial charge in [0.25, 0.3) is 0 Å². The van der Waals surface area contributed by atoms with E-state index in [1.807, 2.05) is 43.0 Å². The Morgan fingerprint density at radius 3 is 2.60 bits per heavy atom. The maximum absolute atomic E-state index is 12.2. The summed E-state index contributed by atoms with van der Waals surface area (Å²) < 4.78 is 0. The molecule has 1 fully saturated rings. The van der Waals surface area contributed by atoms with Gasteiger partial charge in [-0.15, -0.1) is 0 Å². The smallest absolute Gasteiger partial charge is 0.232 e. The van der Waals surface area contributed by atoms with Gasteiger partial charge in [0.15, 0.2) is 0 Å². The predicted molar refractivity (Wildman–Crippen MR) is 95.1 cm³/mol. The number of nitrogens with one attached hydrogen (secondary N) is 1. The number of primary amides is 1. The van der Waals surface area contributed by atoms with E-state index in [9.17, 15) is 14.4 Å². The molecule has 1 aromatic carbocycles. The van der Waals surface area contributed by atoms with E-state index in [1.165, 1.54) is 0 Å². The maximum atomic E-state index is 12.2. The third-order valence-electron chi connectivity index (χ3n) is 4.37. The SMILES string of the molecule is CC(C)C[C@H](C(N)=O)C(=O)NCc1cccc(CN2CCCC2=O)c1. The molecule has 0 unspecified atom stereocenters. The molecule has 1 aliphatic heterocycles. The lowest BCUT2D eigenvalue weighted by molar-refractivity contribution is -0.134.